The van der Waals surface area contributed by atoms with Crippen molar-refractivity contribution in [2.75, 3.05) is 13.1 Å². The molecule has 144 valence electrons. The topological polar surface area (TPSA) is 79.4 Å². The van der Waals surface area contributed by atoms with Crippen LogP contribution in [-0.2, 0) is 9.59 Å². The zero-order valence-electron chi connectivity index (χ0n) is 15.2. The van der Waals surface area contributed by atoms with Crippen molar-refractivity contribution in [2.24, 2.45) is 0 Å². The van der Waals surface area contributed by atoms with Gasteiger partial charge in [0.1, 0.15) is 0 Å². The molecule has 1 aromatic carbocycles. The number of carbonyl (C=O) groups is 3. The van der Waals surface area contributed by atoms with Gasteiger partial charge in [0.15, 0.2) is 0 Å². The summed E-state index contributed by atoms with van der Waals surface area (Å²) < 4.78 is 0. The molecular formula is C20H19N3O3S2. The molecule has 3 rings (SSSR count). The molecule has 1 fully saturated rings. The smallest absolute Gasteiger partial charge is 0.293 e. The van der Waals surface area contributed by atoms with Crippen LogP contribution in [0.25, 0.3) is 6.08 Å². The summed E-state index contributed by atoms with van der Waals surface area (Å²) >= 11 is 2.36. The van der Waals surface area contributed by atoms with Gasteiger partial charge in [-0.25, -0.2) is 0 Å². The Morgan fingerprint density at radius 2 is 2.04 bits per heavy atom. The summed E-state index contributed by atoms with van der Waals surface area (Å²) in [6, 6.07) is 13.2. The summed E-state index contributed by atoms with van der Waals surface area (Å²) in [6.07, 6.45) is 4.91. The highest BCUT2D eigenvalue weighted by molar-refractivity contribution is 8.18. The zero-order valence-corrected chi connectivity index (χ0v) is 16.8. The number of hydrogen-bond donors (Lipinski definition) is 1. The van der Waals surface area contributed by atoms with Crippen molar-refractivity contribution < 1.29 is 14.4 Å². The Bertz CT molecular complexity index is 888. The number of benzene rings is 1. The molecule has 2 aromatic rings. The maximum Gasteiger partial charge on any atom is 0.293 e. The molecule has 6 nitrogen and oxygen atoms in total. The van der Waals surface area contributed by atoms with Crippen LogP contribution < -0.4 is 5.32 Å². The van der Waals surface area contributed by atoms with Crippen LogP contribution in [0.5, 0.6) is 0 Å². The summed E-state index contributed by atoms with van der Waals surface area (Å²) in [5.74, 6) is -0.480. The van der Waals surface area contributed by atoms with Crippen molar-refractivity contribution in [2.45, 2.75) is 17.1 Å². The molecule has 28 heavy (non-hydrogen) atoms. The van der Waals surface area contributed by atoms with E-state index >= 15 is 0 Å². The Morgan fingerprint density at radius 3 is 2.75 bits per heavy atom. The fourth-order valence-electron chi connectivity index (χ4n) is 2.50. The molecule has 1 unspecified atom stereocenters. The zero-order chi connectivity index (χ0) is 19.9. The summed E-state index contributed by atoms with van der Waals surface area (Å²) in [5, 5.41) is 2.18. The van der Waals surface area contributed by atoms with Crippen LogP contribution in [-0.4, -0.2) is 45.3 Å². The Hall–Kier alpha value is -2.58. The van der Waals surface area contributed by atoms with Gasteiger partial charge in [0.05, 0.1) is 10.2 Å². The monoisotopic (exact) mass is 413 g/mol. The highest BCUT2D eigenvalue weighted by Gasteiger charge is 2.34. The second kappa shape index (κ2) is 9.57. The molecule has 1 saturated heterocycles. The van der Waals surface area contributed by atoms with E-state index < -0.39 is 0 Å². The lowest BCUT2D eigenvalue weighted by Crippen LogP contribution is -2.39. The standard InChI is InChI=1S/C20H19N3O3S2/c1-14(27-16-7-3-2-4-8-16)18(24)22-10-11-23-19(25)17(28-20(23)26)12-15-6-5-9-21-13-15/h2-9,12-14H,10-11H2,1H3,(H,22,24)/b17-12-. The third-order valence-corrected chi connectivity index (χ3v) is 5.94. The quantitative estimate of drug-likeness (QED) is 0.554. The van der Waals surface area contributed by atoms with E-state index in [4.69, 9.17) is 0 Å². The van der Waals surface area contributed by atoms with Gasteiger partial charge in [-0.1, -0.05) is 24.3 Å². The number of rotatable bonds is 7. The van der Waals surface area contributed by atoms with Crippen LogP contribution in [0.15, 0.2) is 64.7 Å². The lowest BCUT2D eigenvalue weighted by atomic mass is 10.2. The summed E-state index contributed by atoms with van der Waals surface area (Å²) in [7, 11) is 0. The lowest BCUT2D eigenvalue weighted by molar-refractivity contribution is -0.124. The molecule has 1 aliphatic rings. The highest BCUT2D eigenvalue weighted by Crippen LogP contribution is 2.31. The third-order valence-electron chi connectivity index (χ3n) is 3.92. The molecule has 3 amide bonds. The van der Waals surface area contributed by atoms with Gasteiger partial charge in [-0.05, 0) is 48.5 Å². The van der Waals surface area contributed by atoms with Crippen LogP contribution in [0, 0.1) is 0 Å². The first kappa shape index (κ1) is 20.2. The predicted molar refractivity (Wildman–Crippen MR) is 112 cm³/mol. The maximum absolute atomic E-state index is 12.4. The average Bonchev–Trinajstić information content (AvgIpc) is 2.96. The summed E-state index contributed by atoms with van der Waals surface area (Å²) in [4.78, 5) is 43.3. The Balaban J connectivity index is 1.50. The van der Waals surface area contributed by atoms with Gasteiger partial charge in [-0.2, -0.15) is 0 Å². The van der Waals surface area contributed by atoms with Gasteiger partial charge in [-0.15, -0.1) is 11.8 Å². The van der Waals surface area contributed by atoms with Crippen molar-refractivity contribution in [1.82, 2.24) is 15.2 Å². The van der Waals surface area contributed by atoms with Gasteiger partial charge < -0.3 is 5.32 Å². The molecule has 1 aromatic heterocycles. The average molecular weight is 414 g/mol. The van der Waals surface area contributed by atoms with Crippen LogP contribution in [0.4, 0.5) is 4.79 Å². The Labute approximate surface area is 171 Å². The Kier molecular flexibility index (Phi) is 6.89. The van der Waals surface area contributed by atoms with Crippen LogP contribution >= 0.6 is 23.5 Å². The van der Waals surface area contributed by atoms with Crippen LogP contribution in [0.2, 0.25) is 0 Å². The molecule has 0 radical (unpaired) electrons. The van der Waals surface area contributed by atoms with Crippen molar-refractivity contribution >= 4 is 46.7 Å². The normalized spacial score (nSPS) is 16.5. The van der Waals surface area contributed by atoms with E-state index in [2.05, 4.69) is 10.3 Å². The SMILES string of the molecule is CC(Sc1ccccc1)C(=O)NCCN1C(=O)S/C(=C\c2cccnc2)C1=O. The van der Waals surface area contributed by atoms with Gasteiger partial charge in [-0.3, -0.25) is 24.3 Å². The van der Waals surface area contributed by atoms with E-state index in [1.54, 1.807) is 24.5 Å². The number of imide groups is 1. The Morgan fingerprint density at radius 1 is 1.25 bits per heavy atom. The lowest BCUT2D eigenvalue weighted by Gasteiger charge is -2.15. The molecule has 1 N–H and O–H groups in total. The first-order chi connectivity index (χ1) is 13.5. The molecular weight excluding hydrogens is 394 g/mol. The van der Waals surface area contributed by atoms with Crippen LogP contribution in [0.3, 0.4) is 0 Å². The van der Waals surface area contributed by atoms with Gasteiger partial charge in [0.2, 0.25) is 5.91 Å². The van der Waals surface area contributed by atoms with Gasteiger partial charge in [0.25, 0.3) is 11.1 Å². The molecule has 1 aliphatic heterocycles. The maximum atomic E-state index is 12.4. The summed E-state index contributed by atoms with van der Waals surface area (Å²) in [5.41, 5.74) is 0.757. The minimum absolute atomic E-state index is 0.133. The fourth-order valence-corrected chi connectivity index (χ4v) is 4.27. The molecule has 0 saturated carbocycles. The number of aromatic nitrogens is 1. The van der Waals surface area contributed by atoms with E-state index in [0.717, 1.165) is 27.1 Å². The number of nitrogens with one attached hydrogen (secondary N) is 1. The van der Waals surface area contributed by atoms with Crippen molar-refractivity contribution in [3.8, 4) is 0 Å². The van der Waals surface area contributed by atoms with E-state index in [1.165, 1.54) is 11.8 Å². The van der Waals surface area contributed by atoms with E-state index in [1.807, 2.05) is 43.3 Å². The second-order valence-electron chi connectivity index (χ2n) is 5.98. The predicted octanol–water partition coefficient (Wildman–Crippen LogP) is 3.41. The fraction of sp³-hybridized carbons (Fsp3) is 0.200. The molecule has 1 atom stereocenters. The molecule has 0 bridgehead atoms. The van der Waals surface area contributed by atoms with Crippen molar-refractivity contribution in [1.29, 1.82) is 0 Å². The van der Waals surface area contributed by atoms with E-state index in [-0.39, 0.29) is 35.4 Å². The molecule has 0 aliphatic carbocycles. The molecule has 2 heterocycles. The minimum atomic E-state index is -0.347. The largest absolute Gasteiger partial charge is 0.353 e. The second-order valence-corrected chi connectivity index (χ2v) is 8.39. The van der Waals surface area contributed by atoms with Crippen molar-refractivity contribution in [3.05, 3.63) is 65.3 Å². The number of thioether (sulfide) groups is 2. The summed E-state index contributed by atoms with van der Waals surface area (Å²) in [6.45, 7) is 2.18. The number of carbonyl (C=O) groups excluding carboxylic acids is 3. The number of nitrogens with zero attached hydrogens (tertiary/aromatic N) is 2. The first-order valence-corrected chi connectivity index (χ1v) is 10.4. The number of pyridine rings is 1. The number of amides is 3. The molecule has 0 spiro atoms. The van der Waals surface area contributed by atoms with Gasteiger partial charge in [0, 0.05) is 30.4 Å². The third kappa shape index (κ3) is 5.24. The van der Waals surface area contributed by atoms with E-state index in [9.17, 15) is 14.4 Å². The van der Waals surface area contributed by atoms with E-state index in [0.29, 0.717) is 4.91 Å². The number of hydrogen-bond acceptors (Lipinski definition) is 6. The van der Waals surface area contributed by atoms with Crippen molar-refractivity contribution in [3.63, 3.8) is 0 Å². The van der Waals surface area contributed by atoms with Gasteiger partial charge >= 0.3 is 0 Å². The van der Waals surface area contributed by atoms with Crippen LogP contribution in [0.1, 0.15) is 12.5 Å². The highest BCUT2D eigenvalue weighted by atomic mass is 32.2. The molecule has 8 heteroatoms. The minimum Gasteiger partial charge on any atom is -0.353 e. The first-order valence-electron chi connectivity index (χ1n) is 8.69.